The van der Waals surface area contributed by atoms with Crippen molar-refractivity contribution < 1.29 is 4.74 Å². The van der Waals surface area contributed by atoms with Crippen LogP contribution in [-0.2, 0) is 6.42 Å². The standard InChI is InChI=1S/C10H7NO/c11-7-9-6-5-8-3-1-2-4-10(8)12-9/h1-4,6H,5H2. The number of para-hydroxylation sites is 1. The Morgan fingerprint density at radius 1 is 1.33 bits per heavy atom. The zero-order valence-corrected chi connectivity index (χ0v) is 6.45. The smallest absolute Gasteiger partial charge is 0.200 e. The highest BCUT2D eigenvalue weighted by Crippen LogP contribution is 2.24. The van der Waals surface area contributed by atoms with E-state index in [0.29, 0.717) is 5.76 Å². The van der Waals surface area contributed by atoms with Gasteiger partial charge in [-0.05, 0) is 24.1 Å². The molecule has 0 saturated carbocycles. The number of benzene rings is 1. The van der Waals surface area contributed by atoms with E-state index in [1.54, 1.807) is 6.08 Å². The molecule has 2 nitrogen and oxygen atoms in total. The summed E-state index contributed by atoms with van der Waals surface area (Å²) in [5.74, 6) is 1.20. The second-order valence-corrected chi connectivity index (χ2v) is 2.59. The fraction of sp³-hybridized carbons (Fsp3) is 0.100. The normalized spacial score (nSPS) is 13.8. The predicted molar refractivity (Wildman–Crippen MR) is 44.5 cm³/mol. The van der Waals surface area contributed by atoms with Gasteiger partial charge in [-0.1, -0.05) is 18.2 Å². The lowest BCUT2D eigenvalue weighted by atomic mass is 10.1. The zero-order chi connectivity index (χ0) is 8.39. The Labute approximate surface area is 70.7 Å². The summed E-state index contributed by atoms with van der Waals surface area (Å²) in [5.41, 5.74) is 1.14. The third-order valence-electron chi connectivity index (χ3n) is 1.81. The van der Waals surface area contributed by atoms with Crippen LogP contribution in [0.15, 0.2) is 36.1 Å². The van der Waals surface area contributed by atoms with E-state index in [-0.39, 0.29) is 0 Å². The molecule has 2 rings (SSSR count). The number of hydrogen-bond acceptors (Lipinski definition) is 2. The molecule has 58 valence electrons. The summed E-state index contributed by atoms with van der Waals surface area (Å²) in [6.45, 7) is 0. The minimum Gasteiger partial charge on any atom is -0.446 e. The van der Waals surface area contributed by atoms with E-state index in [9.17, 15) is 0 Å². The van der Waals surface area contributed by atoms with Crippen molar-refractivity contribution in [2.24, 2.45) is 0 Å². The average Bonchev–Trinajstić information content (AvgIpc) is 2.17. The highest BCUT2D eigenvalue weighted by Gasteiger charge is 2.09. The SMILES string of the molecule is N#CC1=CCc2ccccc2O1. The molecule has 0 amide bonds. The van der Waals surface area contributed by atoms with Crippen LogP contribution >= 0.6 is 0 Å². The molecule has 1 aromatic rings. The first-order valence-electron chi connectivity index (χ1n) is 3.76. The number of ether oxygens (including phenoxy) is 1. The molecule has 0 bridgehead atoms. The van der Waals surface area contributed by atoms with Crippen molar-refractivity contribution in [1.29, 1.82) is 5.26 Å². The van der Waals surface area contributed by atoms with Crippen LogP contribution in [0.25, 0.3) is 0 Å². The molecule has 0 radical (unpaired) electrons. The van der Waals surface area contributed by atoms with Crippen molar-refractivity contribution in [3.8, 4) is 11.8 Å². The van der Waals surface area contributed by atoms with Gasteiger partial charge in [-0.3, -0.25) is 0 Å². The fourth-order valence-electron chi connectivity index (χ4n) is 1.20. The lowest BCUT2D eigenvalue weighted by Gasteiger charge is -2.12. The molecule has 1 aliphatic heterocycles. The molecule has 0 fully saturated rings. The maximum absolute atomic E-state index is 8.57. The molecule has 0 unspecified atom stereocenters. The minimum atomic E-state index is 0.397. The third kappa shape index (κ3) is 1.06. The van der Waals surface area contributed by atoms with Crippen LogP contribution in [-0.4, -0.2) is 0 Å². The number of hydrogen-bond donors (Lipinski definition) is 0. The van der Waals surface area contributed by atoms with E-state index in [1.807, 2.05) is 30.3 Å². The summed E-state index contributed by atoms with van der Waals surface area (Å²) >= 11 is 0. The number of rotatable bonds is 0. The Balaban J connectivity index is 2.38. The van der Waals surface area contributed by atoms with Gasteiger partial charge in [0.15, 0.2) is 5.76 Å². The van der Waals surface area contributed by atoms with E-state index in [2.05, 4.69) is 0 Å². The van der Waals surface area contributed by atoms with Gasteiger partial charge in [-0.15, -0.1) is 0 Å². The monoisotopic (exact) mass is 157 g/mol. The Morgan fingerprint density at radius 3 is 3.00 bits per heavy atom. The highest BCUT2D eigenvalue weighted by atomic mass is 16.5. The van der Waals surface area contributed by atoms with Crippen LogP contribution in [0.5, 0.6) is 5.75 Å². The Morgan fingerprint density at radius 2 is 2.17 bits per heavy atom. The van der Waals surface area contributed by atoms with Crippen molar-refractivity contribution in [3.63, 3.8) is 0 Å². The fourth-order valence-corrected chi connectivity index (χ4v) is 1.20. The van der Waals surface area contributed by atoms with Gasteiger partial charge in [0.2, 0.25) is 0 Å². The maximum atomic E-state index is 8.57. The first-order chi connectivity index (χ1) is 5.90. The first kappa shape index (κ1) is 6.93. The molecule has 0 saturated heterocycles. The summed E-state index contributed by atoms with van der Waals surface area (Å²) in [7, 11) is 0. The van der Waals surface area contributed by atoms with Gasteiger partial charge in [-0.2, -0.15) is 5.26 Å². The molecule has 12 heavy (non-hydrogen) atoms. The first-order valence-corrected chi connectivity index (χ1v) is 3.76. The van der Waals surface area contributed by atoms with Gasteiger partial charge >= 0.3 is 0 Å². The van der Waals surface area contributed by atoms with Gasteiger partial charge in [-0.25, -0.2) is 0 Å². The van der Waals surface area contributed by atoms with Gasteiger partial charge in [0.05, 0.1) is 0 Å². The van der Waals surface area contributed by atoms with Crippen LogP contribution < -0.4 is 4.74 Å². The van der Waals surface area contributed by atoms with Crippen molar-refractivity contribution >= 4 is 0 Å². The molecule has 0 aromatic heterocycles. The molecule has 0 atom stereocenters. The number of nitrogens with zero attached hydrogens (tertiary/aromatic N) is 1. The van der Waals surface area contributed by atoms with E-state index in [4.69, 9.17) is 10.00 Å². The Bertz CT molecular complexity index is 374. The largest absolute Gasteiger partial charge is 0.446 e. The van der Waals surface area contributed by atoms with E-state index < -0.39 is 0 Å². The van der Waals surface area contributed by atoms with Gasteiger partial charge < -0.3 is 4.74 Å². The predicted octanol–water partition coefficient (Wildman–Crippen LogP) is 2.03. The van der Waals surface area contributed by atoms with Crippen molar-refractivity contribution in [2.75, 3.05) is 0 Å². The summed E-state index contributed by atoms with van der Waals surface area (Å²) in [4.78, 5) is 0. The molecular formula is C10H7NO. The number of allylic oxidation sites excluding steroid dienone is 2. The van der Waals surface area contributed by atoms with Crippen LogP contribution in [0, 0.1) is 11.3 Å². The second kappa shape index (κ2) is 2.71. The van der Waals surface area contributed by atoms with Crippen molar-refractivity contribution in [2.45, 2.75) is 6.42 Å². The van der Waals surface area contributed by atoms with Gasteiger partial charge in [0, 0.05) is 0 Å². The lowest BCUT2D eigenvalue weighted by molar-refractivity contribution is 0.432. The molecule has 1 aromatic carbocycles. The molecule has 0 N–H and O–H groups in total. The van der Waals surface area contributed by atoms with Crippen LogP contribution in [0.4, 0.5) is 0 Å². The zero-order valence-electron chi connectivity index (χ0n) is 6.45. The van der Waals surface area contributed by atoms with Crippen LogP contribution in [0.1, 0.15) is 5.56 Å². The molecule has 2 heteroatoms. The van der Waals surface area contributed by atoms with Crippen LogP contribution in [0.2, 0.25) is 0 Å². The molecular weight excluding hydrogens is 150 g/mol. The van der Waals surface area contributed by atoms with Gasteiger partial charge in [0.25, 0.3) is 0 Å². The summed E-state index contributed by atoms with van der Waals surface area (Å²) in [6, 6.07) is 9.73. The highest BCUT2D eigenvalue weighted by molar-refractivity contribution is 5.41. The summed E-state index contributed by atoms with van der Waals surface area (Å²) in [6.07, 6.45) is 2.58. The van der Waals surface area contributed by atoms with Gasteiger partial charge in [0.1, 0.15) is 11.8 Å². The summed E-state index contributed by atoms with van der Waals surface area (Å²) < 4.78 is 5.28. The van der Waals surface area contributed by atoms with Crippen molar-refractivity contribution in [3.05, 3.63) is 41.7 Å². The average molecular weight is 157 g/mol. The second-order valence-electron chi connectivity index (χ2n) is 2.59. The minimum absolute atomic E-state index is 0.397. The summed E-state index contributed by atoms with van der Waals surface area (Å²) in [5, 5.41) is 8.57. The maximum Gasteiger partial charge on any atom is 0.200 e. The van der Waals surface area contributed by atoms with E-state index >= 15 is 0 Å². The number of nitriles is 1. The molecule has 0 aliphatic carbocycles. The van der Waals surface area contributed by atoms with E-state index in [0.717, 1.165) is 17.7 Å². The third-order valence-corrected chi connectivity index (χ3v) is 1.81. The quantitative estimate of drug-likeness (QED) is 0.577. The van der Waals surface area contributed by atoms with Crippen molar-refractivity contribution in [1.82, 2.24) is 0 Å². The molecule has 1 aliphatic rings. The van der Waals surface area contributed by atoms with E-state index in [1.165, 1.54) is 0 Å². The molecule has 1 heterocycles. The Hall–Kier alpha value is -1.75. The topological polar surface area (TPSA) is 33.0 Å². The molecule has 0 spiro atoms. The van der Waals surface area contributed by atoms with Crippen LogP contribution in [0.3, 0.4) is 0 Å². The Kier molecular flexibility index (Phi) is 1.56. The lowest BCUT2D eigenvalue weighted by Crippen LogP contribution is -2.02. The number of fused-ring (bicyclic) bond motifs is 1.